The Bertz CT molecular complexity index is 1490. The Morgan fingerprint density at radius 3 is 2.39 bits per heavy atom. The van der Waals surface area contributed by atoms with E-state index in [0.29, 0.717) is 16.9 Å². The van der Waals surface area contributed by atoms with Crippen molar-refractivity contribution in [1.29, 1.82) is 0 Å². The monoisotopic (exact) mass is 485 g/mol. The van der Waals surface area contributed by atoms with Gasteiger partial charge in [-0.05, 0) is 67.1 Å². The molecule has 1 aromatic heterocycles. The first kappa shape index (κ1) is 22.9. The number of anilines is 5. The summed E-state index contributed by atoms with van der Waals surface area (Å²) >= 11 is 0. The Balaban J connectivity index is 1.31. The quantitative estimate of drug-likeness (QED) is 0.209. The second-order valence-electron chi connectivity index (χ2n) is 8.29. The Labute approximate surface area is 205 Å². The number of hydrogen-bond donors (Lipinski definition) is 5. The summed E-state index contributed by atoms with van der Waals surface area (Å²) in [7, 11) is 0. The number of rotatable bonds is 5. The third-order valence-electron chi connectivity index (χ3n) is 5.62. The van der Waals surface area contributed by atoms with Gasteiger partial charge in [-0.15, -0.1) is 0 Å². The van der Waals surface area contributed by atoms with Gasteiger partial charge in [0.05, 0.1) is 11.3 Å². The summed E-state index contributed by atoms with van der Waals surface area (Å²) in [5.74, 6) is -1.75. The highest BCUT2D eigenvalue weighted by atomic mass is 19.1. The Hall–Kier alpha value is -4.92. The number of aromatic nitrogens is 1. The number of carbonyl (C=O) groups excluding carboxylic acids is 2. The van der Waals surface area contributed by atoms with Crippen LogP contribution < -0.4 is 21.3 Å². The molecule has 0 unspecified atom stereocenters. The predicted octanol–water partition coefficient (Wildman–Crippen LogP) is 6.48. The summed E-state index contributed by atoms with van der Waals surface area (Å²) < 4.78 is 26.7. The van der Waals surface area contributed by atoms with E-state index in [0.717, 1.165) is 46.4 Å². The number of aryl methyl sites for hydroxylation is 1. The average molecular weight is 485 g/mol. The molecule has 1 aliphatic heterocycles. The number of fused-ring (bicyclic) bond motifs is 1. The van der Waals surface area contributed by atoms with Gasteiger partial charge in [-0.1, -0.05) is 12.1 Å². The van der Waals surface area contributed by atoms with Crippen molar-refractivity contribution in [3.05, 3.63) is 101 Å². The summed E-state index contributed by atoms with van der Waals surface area (Å²) in [4.78, 5) is 27.9. The third-order valence-corrected chi connectivity index (χ3v) is 5.62. The molecule has 4 aromatic rings. The maximum atomic E-state index is 13.4. The number of H-pyrrole nitrogens is 1. The maximum Gasteiger partial charge on any atom is 0.323 e. The molecule has 0 aliphatic carbocycles. The number of hydrogen-bond acceptors (Lipinski definition) is 3. The number of amides is 3. The SMILES string of the molecule is Cc1ccc(NC(=O)Nc2cc(F)cc(F)c2)cc1Nc1ccc2c(c1)NC(=O)C2=Cc1ccc[nH]1. The first-order chi connectivity index (χ1) is 17.3. The van der Waals surface area contributed by atoms with Crippen LogP contribution in [0.25, 0.3) is 11.6 Å². The molecular weight excluding hydrogens is 464 g/mol. The molecule has 1 aliphatic rings. The van der Waals surface area contributed by atoms with E-state index in [2.05, 4.69) is 26.3 Å². The topological polar surface area (TPSA) is 98.0 Å². The lowest BCUT2D eigenvalue weighted by molar-refractivity contribution is -0.110. The second kappa shape index (κ2) is 9.38. The summed E-state index contributed by atoms with van der Waals surface area (Å²) in [5.41, 5.74) is 5.78. The van der Waals surface area contributed by atoms with Crippen molar-refractivity contribution in [2.75, 3.05) is 21.3 Å². The zero-order valence-corrected chi connectivity index (χ0v) is 19.1. The summed E-state index contributed by atoms with van der Waals surface area (Å²) in [5, 5.41) is 11.3. The van der Waals surface area contributed by atoms with Crippen molar-refractivity contribution in [3.63, 3.8) is 0 Å². The molecule has 0 saturated heterocycles. The molecule has 0 bridgehead atoms. The molecule has 5 rings (SSSR count). The van der Waals surface area contributed by atoms with Gasteiger partial charge in [-0.25, -0.2) is 13.6 Å². The molecule has 2 heterocycles. The van der Waals surface area contributed by atoms with Gasteiger partial charge >= 0.3 is 6.03 Å². The molecule has 180 valence electrons. The molecule has 0 radical (unpaired) electrons. The van der Waals surface area contributed by atoms with E-state index >= 15 is 0 Å². The van der Waals surface area contributed by atoms with E-state index in [9.17, 15) is 18.4 Å². The number of carbonyl (C=O) groups is 2. The molecule has 36 heavy (non-hydrogen) atoms. The van der Waals surface area contributed by atoms with Crippen molar-refractivity contribution < 1.29 is 18.4 Å². The summed E-state index contributed by atoms with van der Waals surface area (Å²) in [6.07, 6.45) is 3.60. The highest BCUT2D eigenvalue weighted by Gasteiger charge is 2.24. The van der Waals surface area contributed by atoms with Crippen molar-refractivity contribution in [1.82, 2.24) is 4.98 Å². The van der Waals surface area contributed by atoms with Gasteiger partial charge in [-0.2, -0.15) is 0 Å². The van der Waals surface area contributed by atoms with Crippen LogP contribution in [0.2, 0.25) is 0 Å². The lowest BCUT2D eigenvalue weighted by atomic mass is 10.1. The van der Waals surface area contributed by atoms with Gasteiger partial charge in [0, 0.05) is 46.3 Å². The lowest BCUT2D eigenvalue weighted by Gasteiger charge is -2.14. The van der Waals surface area contributed by atoms with E-state index in [1.807, 2.05) is 43.3 Å². The number of urea groups is 1. The largest absolute Gasteiger partial charge is 0.362 e. The molecule has 0 spiro atoms. The Kier molecular flexibility index (Phi) is 5.95. The van der Waals surface area contributed by atoms with Crippen LogP contribution in [0, 0.1) is 18.6 Å². The van der Waals surface area contributed by atoms with Gasteiger partial charge in [0.1, 0.15) is 11.6 Å². The molecule has 3 amide bonds. The van der Waals surface area contributed by atoms with Gasteiger partial charge < -0.3 is 26.3 Å². The van der Waals surface area contributed by atoms with E-state index in [1.54, 1.807) is 24.4 Å². The smallest absolute Gasteiger partial charge is 0.323 e. The van der Waals surface area contributed by atoms with E-state index in [4.69, 9.17) is 0 Å². The van der Waals surface area contributed by atoms with Crippen LogP contribution in [0.4, 0.5) is 42.0 Å². The van der Waals surface area contributed by atoms with Crippen LogP contribution in [-0.4, -0.2) is 16.9 Å². The minimum absolute atomic E-state index is 0.000309. The minimum atomic E-state index is -0.787. The molecule has 0 atom stereocenters. The normalized spacial score (nSPS) is 13.3. The maximum absolute atomic E-state index is 13.4. The second-order valence-corrected chi connectivity index (χ2v) is 8.29. The van der Waals surface area contributed by atoms with Gasteiger partial charge in [0.25, 0.3) is 5.91 Å². The molecule has 0 saturated carbocycles. The van der Waals surface area contributed by atoms with Gasteiger partial charge in [0.15, 0.2) is 0 Å². The third kappa shape index (κ3) is 4.95. The molecule has 9 heteroatoms. The number of aromatic amines is 1. The van der Waals surface area contributed by atoms with Crippen molar-refractivity contribution in [2.24, 2.45) is 0 Å². The summed E-state index contributed by atoms with van der Waals surface area (Å²) in [6, 6.07) is 16.7. The fraction of sp³-hybridized carbons (Fsp3) is 0.0370. The minimum Gasteiger partial charge on any atom is -0.362 e. The first-order valence-electron chi connectivity index (χ1n) is 11.1. The van der Waals surface area contributed by atoms with E-state index < -0.39 is 17.7 Å². The highest BCUT2D eigenvalue weighted by molar-refractivity contribution is 6.35. The Morgan fingerprint density at radius 1 is 0.889 bits per heavy atom. The Morgan fingerprint density at radius 2 is 1.64 bits per heavy atom. The lowest BCUT2D eigenvalue weighted by Crippen LogP contribution is -2.19. The van der Waals surface area contributed by atoms with Gasteiger partial charge in [0.2, 0.25) is 0 Å². The fourth-order valence-electron chi connectivity index (χ4n) is 3.91. The highest BCUT2D eigenvalue weighted by Crippen LogP contribution is 2.36. The predicted molar refractivity (Wildman–Crippen MR) is 137 cm³/mol. The fourth-order valence-corrected chi connectivity index (χ4v) is 3.91. The number of halogens is 2. The zero-order chi connectivity index (χ0) is 25.2. The average Bonchev–Trinajstić information content (AvgIpc) is 3.43. The first-order valence-corrected chi connectivity index (χ1v) is 11.1. The van der Waals surface area contributed by atoms with Crippen LogP contribution in [0.1, 0.15) is 16.8 Å². The molecular formula is C27H21F2N5O2. The standard InChI is InChI=1S/C27H21F2N5O2/c1-15-4-5-20(32-27(36)33-21-10-16(28)9-17(29)11-21)13-24(15)31-19-6-7-22-23(12-18-3-2-8-30-18)26(35)34-25(22)14-19/h2-14,30-31H,1H3,(H,34,35)(H2,32,33,36). The van der Waals surface area contributed by atoms with Gasteiger partial charge in [-0.3, -0.25) is 4.79 Å². The van der Waals surface area contributed by atoms with Crippen LogP contribution >= 0.6 is 0 Å². The van der Waals surface area contributed by atoms with Crippen LogP contribution in [0.3, 0.4) is 0 Å². The van der Waals surface area contributed by atoms with E-state index in [-0.39, 0.29) is 11.6 Å². The molecule has 3 aromatic carbocycles. The van der Waals surface area contributed by atoms with Crippen molar-refractivity contribution in [3.8, 4) is 0 Å². The zero-order valence-electron chi connectivity index (χ0n) is 19.1. The number of benzene rings is 3. The molecule has 7 nitrogen and oxygen atoms in total. The number of nitrogens with one attached hydrogen (secondary N) is 5. The van der Waals surface area contributed by atoms with Crippen molar-refractivity contribution >= 4 is 52.0 Å². The molecule has 0 fully saturated rings. The summed E-state index contributed by atoms with van der Waals surface area (Å²) in [6.45, 7) is 1.91. The van der Waals surface area contributed by atoms with Crippen LogP contribution in [0.5, 0.6) is 0 Å². The van der Waals surface area contributed by atoms with Crippen LogP contribution in [-0.2, 0) is 4.79 Å². The van der Waals surface area contributed by atoms with Crippen molar-refractivity contribution in [2.45, 2.75) is 6.92 Å². The van der Waals surface area contributed by atoms with Crippen LogP contribution in [0.15, 0.2) is 72.9 Å². The molecule has 5 N–H and O–H groups in total. The van der Waals surface area contributed by atoms with E-state index in [1.165, 1.54) is 0 Å².